The van der Waals surface area contributed by atoms with E-state index < -0.39 is 11.9 Å². The largest absolute Gasteiger partial charge is 0.461 e. The van der Waals surface area contributed by atoms with E-state index in [1.807, 2.05) is 37.3 Å². The van der Waals surface area contributed by atoms with Gasteiger partial charge in [0.1, 0.15) is 17.2 Å². The molecule has 0 atom stereocenters. The normalized spacial score (nSPS) is 10.5. The summed E-state index contributed by atoms with van der Waals surface area (Å²) in [5.41, 5.74) is 2.16. The number of hydrogen-bond acceptors (Lipinski definition) is 6. The summed E-state index contributed by atoms with van der Waals surface area (Å²) >= 11 is 0. The van der Waals surface area contributed by atoms with Gasteiger partial charge in [0, 0.05) is 42.3 Å². The zero-order valence-corrected chi connectivity index (χ0v) is 18.6. The standard InChI is InChI=1S/C25H23N5O4/c1-3-26-25(33)30-23-13-20(28-16-7-5-4-6-8-16)19(14-27-23)24(32)29-17-9-10-18-21(31)11-15(2)34-22(18)12-17/h4-14H,3H2,1-2H3,(H,29,32)(H3,26,27,28,30,33). The van der Waals surface area contributed by atoms with Crippen LogP contribution in [0.15, 0.2) is 76.1 Å². The third-order valence-corrected chi connectivity index (χ3v) is 4.89. The predicted octanol–water partition coefficient (Wildman–Crippen LogP) is 4.63. The van der Waals surface area contributed by atoms with Crippen LogP contribution < -0.4 is 26.7 Å². The first-order chi connectivity index (χ1) is 16.4. The number of benzene rings is 2. The Balaban J connectivity index is 1.64. The Labute approximate surface area is 195 Å². The molecule has 4 N–H and O–H groups in total. The Morgan fingerprint density at radius 3 is 2.53 bits per heavy atom. The average molecular weight is 457 g/mol. The molecule has 4 aromatic rings. The fourth-order valence-electron chi connectivity index (χ4n) is 3.36. The van der Waals surface area contributed by atoms with E-state index in [2.05, 4.69) is 26.3 Å². The molecule has 2 aromatic heterocycles. The van der Waals surface area contributed by atoms with Crippen molar-refractivity contribution >= 4 is 45.8 Å². The van der Waals surface area contributed by atoms with E-state index in [1.165, 1.54) is 12.3 Å². The number of amides is 3. The lowest BCUT2D eigenvalue weighted by Crippen LogP contribution is -2.28. The van der Waals surface area contributed by atoms with Crippen LogP contribution in [-0.2, 0) is 0 Å². The minimum absolute atomic E-state index is 0.148. The molecule has 0 bridgehead atoms. The van der Waals surface area contributed by atoms with E-state index in [-0.39, 0.29) is 16.8 Å². The zero-order valence-electron chi connectivity index (χ0n) is 18.6. The molecule has 2 heterocycles. The van der Waals surface area contributed by atoms with Gasteiger partial charge in [0.05, 0.1) is 16.6 Å². The Morgan fingerprint density at radius 1 is 0.971 bits per heavy atom. The third kappa shape index (κ3) is 5.21. The summed E-state index contributed by atoms with van der Waals surface area (Å²) in [4.78, 5) is 41.4. The van der Waals surface area contributed by atoms with Gasteiger partial charge in [0.15, 0.2) is 5.43 Å². The Kier molecular flexibility index (Phi) is 6.54. The summed E-state index contributed by atoms with van der Waals surface area (Å²) in [6, 6.07) is 16.8. The minimum atomic E-state index is -0.426. The number of fused-ring (bicyclic) bond motifs is 1. The lowest BCUT2D eigenvalue weighted by atomic mass is 10.1. The van der Waals surface area contributed by atoms with Crippen LogP contribution in [0.3, 0.4) is 0 Å². The number of rotatable bonds is 6. The number of hydrogen-bond donors (Lipinski definition) is 4. The molecular weight excluding hydrogens is 434 g/mol. The second kappa shape index (κ2) is 9.86. The Morgan fingerprint density at radius 2 is 1.76 bits per heavy atom. The van der Waals surface area contributed by atoms with Gasteiger partial charge in [-0.3, -0.25) is 14.9 Å². The molecule has 172 valence electrons. The maximum absolute atomic E-state index is 13.1. The quantitative estimate of drug-likeness (QED) is 0.334. The van der Waals surface area contributed by atoms with Crippen LogP contribution in [0, 0.1) is 6.92 Å². The molecule has 0 saturated heterocycles. The number of carbonyl (C=O) groups excluding carboxylic acids is 2. The molecule has 9 nitrogen and oxygen atoms in total. The third-order valence-electron chi connectivity index (χ3n) is 4.89. The van der Waals surface area contributed by atoms with Crippen LogP contribution >= 0.6 is 0 Å². The van der Waals surface area contributed by atoms with Gasteiger partial charge in [-0.2, -0.15) is 0 Å². The fourth-order valence-corrected chi connectivity index (χ4v) is 3.36. The summed E-state index contributed by atoms with van der Waals surface area (Å²) in [6.45, 7) is 3.96. The second-order valence-electron chi connectivity index (χ2n) is 7.48. The number of pyridine rings is 1. The van der Waals surface area contributed by atoms with Crippen LogP contribution in [0.4, 0.5) is 27.7 Å². The van der Waals surface area contributed by atoms with E-state index in [1.54, 1.807) is 31.2 Å². The van der Waals surface area contributed by atoms with Crippen molar-refractivity contribution in [2.75, 3.05) is 22.5 Å². The molecule has 0 radical (unpaired) electrons. The summed E-state index contributed by atoms with van der Waals surface area (Å²) in [5.74, 6) is 0.337. The number of para-hydroxylation sites is 1. The molecule has 0 aliphatic rings. The number of nitrogens with one attached hydrogen (secondary N) is 4. The highest BCUT2D eigenvalue weighted by atomic mass is 16.3. The van der Waals surface area contributed by atoms with Crippen molar-refractivity contribution in [1.82, 2.24) is 10.3 Å². The first-order valence-electron chi connectivity index (χ1n) is 10.7. The topological polar surface area (TPSA) is 125 Å². The summed E-state index contributed by atoms with van der Waals surface area (Å²) in [6.07, 6.45) is 1.38. The van der Waals surface area contributed by atoms with Crippen molar-refractivity contribution in [3.05, 3.63) is 88.4 Å². The molecule has 0 spiro atoms. The summed E-state index contributed by atoms with van der Waals surface area (Å²) in [7, 11) is 0. The van der Waals surface area contributed by atoms with Gasteiger partial charge in [0.2, 0.25) is 0 Å². The second-order valence-corrected chi connectivity index (χ2v) is 7.48. The highest BCUT2D eigenvalue weighted by Gasteiger charge is 2.16. The molecule has 2 aromatic carbocycles. The van der Waals surface area contributed by atoms with Crippen molar-refractivity contribution in [3.63, 3.8) is 0 Å². The number of urea groups is 1. The van der Waals surface area contributed by atoms with Crippen LogP contribution in [0.5, 0.6) is 0 Å². The van der Waals surface area contributed by atoms with E-state index in [4.69, 9.17) is 4.42 Å². The number of anilines is 4. The van der Waals surface area contributed by atoms with Crippen molar-refractivity contribution in [2.24, 2.45) is 0 Å². The monoisotopic (exact) mass is 457 g/mol. The van der Waals surface area contributed by atoms with Gasteiger partial charge in [-0.1, -0.05) is 18.2 Å². The minimum Gasteiger partial charge on any atom is -0.461 e. The van der Waals surface area contributed by atoms with Gasteiger partial charge in [-0.15, -0.1) is 0 Å². The molecular formula is C25H23N5O4. The first-order valence-corrected chi connectivity index (χ1v) is 10.7. The molecule has 0 saturated carbocycles. The number of aromatic nitrogens is 1. The van der Waals surface area contributed by atoms with Gasteiger partial charge in [-0.05, 0) is 38.1 Å². The summed E-state index contributed by atoms with van der Waals surface area (Å²) < 4.78 is 5.62. The van der Waals surface area contributed by atoms with Crippen LogP contribution in [-0.4, -0.2) is 23.5 Å². The average Bonchev–Trinajstić information content (AvgIpc) is 2.79. The smallest absolute Gasteiger partial charge is 0.320 e. The van der Waals surface area contributed by atoms with Crippen LogP contribution in [0.2, 0.25) is 0 Å². The zero-order chi connectivity index (χ0) is 24.1. The predicted molar refractivity (Wildman–Crippen MR) is 132 cm³/mol. The first kappa shape index (κ1) is 22.5. The Hall–Kier alpha value is -4.66. The summed E-state index contributed by atoms with van der Waals surface area (Å²) in [5, 5.41) is 11.7. The van der Waals surface area contributed by atoms with Crippen molar-refractivity contribution < 1.29 is 14.0 Å². The maximum atomic E-state index is 13.1. The van der Waals surface area contributed by atoms with Gasteiger partial charge in [-0.25, -0.2) is 9.78 Å². The van der Waals surface area contributed by atoms with Crippen molar-refractivity contribution in [1.29, 1.82) is 0 Å². The van der Waals surface area contributed by atoms with E-state index >= 15 is 0 Å². The molecule has 9 heteroatoms. The molecule has 0 fully saturated rings. The number of aryl methyl sites for hydroxylation is 1. The van der Waals surface area contributed by atoms with Gasteiger partial charge >= 0.3 is 6.03 Å². The van der Waals surface area contributed by atoms with Crippen molar-refractivity contribution in [2.45, 2.75) is 13.8 Å². The fraction of sp³-hybridized carbons (Fsp3) is 0.120. The molecule has 0 aliphatic heterocycles. The lowest BCUT2D eigenvalue weighted by molar-refractivity contribution is 0.102. The molecule has 3 amide bonds. The lowest BCUT2D eigenvalue weighted by Gasteiger charge is -2.14. The number of nitrogens with zero attached hydrogens (tertiary/aromatic N) is 1. The van der Waals surface area contributed by atoms with Gasteiger partial charge < -0.3 is 20.4 Å². The number of carbonyl (C=O) groups is 2. The van der Waals surface area contributed by atoms with E-state index in [0.717, 1.165) is 5.69 Å². The molecule has 34 heavy (non-hydrogen) atoms. The van der Waals surface area contributed by atoms with E-state index in [0.29, 0.717) is 34.6 Å². The molecule has 4 rings (SSSR count). The van der Waals surface area contributed by atoms with Crippen molar-refractivity contribution in [3.8, 4) is 0 Å². The molecule has 0 aliphatic carbocycles. The highest BCUT2D eigenvalue weighted by molar-refractivity contribution is 6.09. The SMILES string of the molecule is CCNC(=O)Nc1cc(Nc2ccccc2)c(C(=O)Nc2ccc3c(=O)cc(C)oc3c2)cn1. The van der Waals surface area contributed by atoms with Gasteiger partial charge in [0.25, 0.3) is 5.91 Å². The Bertz CT molecular complexity index is 1420. The van der Waals surface area contributed by atoms with E-state index in [9.17, 15) is 14.4 Å². The van der Waals surface area contributed by atoms with Crippen LogP contribution in [0.1, 0.15) is 23.0 Å². The highest BCUT2D eigenvalue weighted by Crippen LogP contribution is 2.25. The van der Waals surface area contributed by atoms with Crippen LogP contribution in [0.25, 0.3) is 11.0 Å². The molecule has 0 unspecified atom stereocenters. The maximum Gasteiger partial charge on any atom is 0.320 e.